The molecule has 0 aliphatic heterocycles. The predicted molar refractivity (Wildman–Crippen MR) is 95.6 cm³/mol. The molecule has 1 nitrogen and oxygen atoms in total. The summed E-state index contributed by atoms with van der Waals surface area (Å²) in [4.78, 5) is 3.08. The number of nitrogens with one attached hydrogen (secondary N) is 1. The molecule has 0 aliphatic carbocycles. The maximum atomic E-state index is 13.7. The van der Waals surface area contributed by atoms with Gasteiger partial charge in [-0.1, -0.05) is 44.2 Å². The van der Waals surface area contributed by atoms with Gasteiger partial charge in [0.2, 0.25) is 0 Å². The second-order valence-corrected chi connectivity index (χ2v) is 7.42. The monoisotopic (exact) mass is 363 g/mol. The van der Waals surface area contributed by atoms with E-state index < -0.39 is 23.3 Å². The van der Waals surface area contributed by atoms with Crippen LogP contribution in [0.4, 0.5) is 17.6 Å². The maximum absolute atomic E-state index is 13.7. The van der Waals surface area contributed by atoms with Crippen LogP contribution in [0.25, 0.3) is 10.9 Å². The van der Waals surface area contributed by atoms with E-state index in [1.807, 2.05) is 24.3 Å². The fraction of sp³-hybridized carbons (Fsp3) is 0.333. The minimum atomic E-state index is -4.31. The molecule has 2 aromatic carbocycles. The SMILES string of the molecule is CC(C)(CC(Cc1cc2ccccc2[nH]1)C(F)(F)F)c1ccc(F)cc1. The normalized spacial score (nSPS) is 13.9. The van der Waals surface area contributed by atoms with Gasteiger partial charge in [0, 0.05) is 11.2 Å². The molecule has 3 rings (SSSR count). The largest absolute Gasteiger partial charge is 0.392 e. The molecule has 138 valence electrons. The van der Waals surface area contributed by atoms with Gasteiger partial charge < -0.3 is 4.98 Å². The van der Waals surface area contributed by atoms with Gasteiger partial charge in [0.05, 0.1) is 5.92 Å². The van der Waals surface area contributed by atoms with E-state index in [9.17, 15) is 17.6 Å². The lowest BCUT2D eigenvalue weighted by molar-refractivity contribution is -0.179. The topological polar surface area (TPSA) is 15.8 Å². The highest BCUT2D eigenvalue weighted by Gasteiger charge is 2.43. The van der Waals surface area contributed by atoms with Gasteiger partial charge >= 0.3 is 6.18 Å². The molecule has 1 heterocycles. The molecule has 0 aliphatic rings. The second kappa shape index (κ2) is 6.78. The highest BCUT2D eigenvalue weighted by molar-refractivity contribution is 5.80. The van der Waals surface area contributed by atoms with Gasteiger partial charge in [-0.15, -0.1) is 0 Å². The fourth-order valence-electron chi connectivity index (χ4n) is 3.45. The van der Waals surface area contributed by atoms with Crippen molar-refractivity contribution in [2.75, 3.05) is 0 Å². The summed E-state index contributed by atoms with van der Waals surface area (Å²) >= 11 is 0. The molecule has 3 aromatic rings. The van der Waals surface area contributed by atoms with E-state index in [1.54, 1.807) is 32.0 Å². The van der Waals surface area contributed by atoms with Crippen molar-refractivity contribution in [2.45, 2.75) is 38.3 Å². The van der Waals surface area contributed by atoms with Gasteiger partial charge in [-0.2, -0.15) is 13.2 Å². The molecule has 0 fully saturated rings. The van der Waals surface area contributed by atoms with Crippen LogP contribution in [-0.4, -0.2) is 11.2 Å². The Morgan fingerprint density at radius 3 is 2.23 bits per heavy atom. The predicted octanol–water partition coefficient (Wildman–Crippen LogP) is 6.40. The molecule has 0 spiro atoms. The standard InChI is InChI=1S/C21H21F4N/c1-20(2,15-7-9-17(22)10-8-15)13-16(21(23,24)25)12-18-11-14-5-3-4-6-19(14)26-18/h3-11,16,26H,12-13H2,1-2H3. The van der Waals surface area contributed by atoms with E-state index in [1.165, 1.54) is 12.1 Å². The summed E-state index contributed by atoms with van der Waals surface area (Å²) in [7, 11) is 0. The van der Waals surface area contributed by atoms with Gasteiger partial charge in [0.15, 0.2) is 0 Å². The Hall–Kier alpha value is -2.30. The molecule has 1 atom stereocenters. The maximum Gasteiger partial charge on any atom is 0.392 e. The second-order valence-electron chi connectivity index (χ2n) is 7.42. The van der Waals surface area contributed by atoms with Crippen molar-refractivity contribution in [3.8, 4) is 0 Å². The van der Waals surface area contributed by atoms with Gasteiger partial charge in [0.1, 0.15) is 5.82 Å². The van der Waals surface area contributed by atoms with Crippen LogP contribution in [0.2, 0.25) is 0 Å². The number of benzene rings is 2. The number of rotatable bonds is 5. The Morgan fingerprint density at radius 1 is 0.962 bits per heavy atom. The van der Waals surface area contributed by atoms with E-state index in [2.05, 4.69) is 4.98 Å². The lowest BCUT2D eigenvalue weighted by Crippen LogP contribution is -2.32. The van der Waals surface area contributed by atoms with Crippen LogP contribution in [-0.2, 0) is 11.8 Å². The lowest BCUT2D eigenvalue weighted by Gasteiger charge is -2.31. The summed E-state index contributed by atoms with van der Waals surface area (Å²) < 4.78 is 54.2. The number of alkyl halides is 3. The first-order chi connectivity index (χ1) is 12.1. The van der Waals surface area contributed by atoms with E-state index in [0.29, 0.717) is 11.3 Å². The lowest BCUT2D eigenvalue weighted by atomic mass is 9.75. The van der Waals surface area contributed by atoms with Crippen molar-refractivity contribution in [2.24, 2.45) is 5.92 Å². The minimum Gasteiger partial charge on any atom is -0.358 e. The molecule has 0 amide bonds. The zero-order valence-corrected chi connectivity index (χ0v) is 14.7. The first-order valence-corrected chi connectivity index (χ1v) is 8.54. The first-order valence-electron chi connectivity index (χ1n) is 8.54. The molecule has 1 unspecified atom stereocenters. The Morgan fingerprint density at radius 2 is 1.62 bits per heavy atom. The van der Waals surface area contributed by atoms with Crippen molar-refractivity contribution in [1.29, 1.82) is 0 Å². The third-order valence-electron chi connectivity index (χ3n) is 4.90. The summed E-state index contributed by atoms with van der Waals surface area (Å²) in [6.07, 6.45) is -4.49. The van der Waals surface area contributed by atoms with Crippen molar-refractivity contribution < 1.29 is 17.6 Å². The zero-order valence-electron chi connectivity index (χ0n) is 14.7. The van der Waals surface area contributed by atoms with Crippen molar-refractivity contribution >= 4 is 10.9 Å². The minimum absolute atomic E-state index is 0.0719. The molecular weight excluding hydrogens is 342 g/mol. The smallest absolute Gasteiger partial charge is 0.358 e. The van der Waals surface area contributed by atoms with Crippen molar-refractivity contribution in [3.63, 3.8) is 0 Å². The van der Waals surface area contributed by atoms with E-state index >= 15 is 0 Å². The Bertz CT molecular complexity index is 842. The highest BCUT2D eigenvalue weighted by atomic mass is 19.4. The van der Waals surface area contributed by atoms with Crippen LogP contribution in [0.3, 0.4) is 0 Å². The Kier molecular flexibility index (Phi) is 4.82. The summed E-state index contributed by atoms with van der Waals surface area (Å²) in [5, 5.41) is 0.904. The highest BCUT2D eigenvalue weighted by Crippen LogP contribution is 2.40. The molecule has 0 saturated heterocycles. The van der Waals surface area contributed by atoms with Crippen molar-refractivity contribution in [3.05, 3.63) is 71.7 Å². The summed E-state index contributed by atoms with van der Waals surface area (Å²) in [5.41, 5.74) is 1.38. The van der Waals surface area contributed by atoms with E-state index in [0.717, 1.165) is 10.9 Å². The van der Waals surface area contributed by atoms with Crippen LogP contribution in [0.15, 0.2) is 54.6 Å². The van der Waals surface area contributed by atoms with Crippen LogP contribution >= 0.6 is 0 Å². The number of aromatic amines is 1. The third-order valence-corrected chi connectivity index (χ3v) is 4.90. The van der Waals surface area contributed by atoms with Crippen LogP contribution in [0.1, 0.15) is 31.5 Å². The molecular formula is C21H21F4N. The molecule has 0 saturated carbocycles. The number of fused-ring (bicyclic) bond motifs is 1. The number of hydrogen-bond donors (Lipinski definition) is 1. The Balaban J connectivity index is 1.85. The Labute approximate surface area is 150 Å². The van der Waals surface area contributed by atoms with Gasteiger partial charge in [0.25, 0.3) is 0 Å². The van der Waals surface area contributed by atoms with E-state index in [-0.39, 0.29) is 12.8 Å². The van der Waals surface area contributed by atoms with E-state index in [4.69, 9.17) is 0 Å². The van der Waals surface area contributed by atoms with Crippen molar-refractivity contribution in [1.82, 2.24) is 4.98 Å². The van der Waals surface area contributed by atoms with Gasteiger partial charge in [-0.3, -0.25) is 0 Å². The summed E-state index contributed by atoms with van der Waals surface area (Å²) in [6, 6.07) is 14.9. The molecule has 0 radical (unpaired) electrons. The molecule has 1 N–H and O–H groups in total. The molecule has 26 heavy (non-hydrogen) atoms. The third kappa shape index (κ3) is 4.09. The number of halogens is 4. The summed E-state index contributed by atoms with van der Waals surface area (Å²) in [6.45, 7) is 3.54. The number of aromatic nitrogens is 1. The first kappa shape index (κ1) is 18.5. The summed E-state index contributed by atoms with van der Waals surface area (Å²) in [5.74, 6) is -1.88. The fourth-order valence-corrected chi connectivity index (χ4v) is 3.45. The number of para-hydroxylation sites is 1. The molecule has 0 bridgehead atoms. The van der Waals surface area contributed by atoms with Gasteiger partial charge in [-0.05, 0) is 53.5 Å². The quantitative estimate of drug-likeness (QED) is 0.505. The number of hydrogen-bond acceptors (Lipinski definition) is 0. The average molecular weight is 363 g/mol. The van der Waals surface area contributed by atoms with Crippen LogP contribution in [0.5, 0.6) is 0 Å². The molecule has 5 heteroatoms. The number of H-pyrrole nitrogens is 1. The molecule has 1 aromatic heterocycles. The van der Waals surface area contributed by atoms with Crippen LogP contribution < -0.4 is 0 Å². The van der Waals surface area contributed by atoms with Crippen LogP contribution in [0, 0.1) is 11.7 Å². The average Bonchev–Trinajstić information content (AvgIpc) is 2.96. The van der Waals surface area contributed by atoms with Gasteiger partial charge in [-0.25, -0.2) is 4.39 Å². The zero-order chi connectivity index (χ0) is 18.9.